The summed E-state index contributed by atoms with van der Waals surface area (Å²) in [6, 6.07) is 29.2. The maximum absolute atomic E-state index is 15.5. The lowest BCUT2D eigenvalue weighted by Gasteiger charge is -2.37. The Bertz CT molecular complexity index is 3130. The molecule has 2 aliphatic rings. The van der Waals surface area contributed by atoms with Crippen molar-refractivity contribution in [2.24, 2.45) is 7.05 Å². The molecular formula is C51H53ClF4N6O7S3. The van der Waals surface area contributed by atoms with Gasteiger partial charge < -0.3 is 34.8 Å². The van der Waals surface area contributed by atoms with E-state index < -0.39 is 59.1 Å². The van der Waals surface area contributed by atoms with Crippen molar-refractivity contribution >= 4 is 71.9 Å². The lowest BCUT2D eigenvalue weighted by Crippen LogP contribution is -2.46. The highest BCUT2D eigenvalue weighted by atomic mass is 35.5. The molecule has 0 unspecified atom stereocenters. The summed E-state index contributed by atoms with van der Waals surface area (Å²) in [7, 11) is -8.91. The number of carboxylic acid groups (broad SMARTS) is 1. The topological polar surface area (TPSA) is 165 Å². The zero-order chi connectivity index (χ0) is 51.5. The van der Waals surface area contributed by atoms with Gasteiger partial charge in [-0.1, -0.05) is 41.9 Å². The third kappa shape index (κ3) is 11.8. The van der Waals surface area contributed by atoms with Gasteiger partial charge in [0, 0.05) is 103 Å². The number of aromatic nitrogens is 1. The molecular weight excluding hydrogens is 1020 g/mol. The second-order valence-corrected chi connectivity index (χ2v) is 22.9. The second-order valence-electron chi connectivity index (χ2n) is 17.8. The molecule has 13 nitrogen and oxygen atoms in total. The summed E-state index contributed by atoms with van der Waals surface area (Å²) in [5, 5.41) is 23.8. The third-order valence-corrected chi connectivity index (χ3v) is 17.4. The van der Waals surface area contributed by atoms with Crippen molar-refractivity contribution in [1.82, 2.24) is 9.47 Å². The number of carboxylic acids is 1. The summed E-state index contributed by atoms with van der Waals surface area (Å²) < 4.78 is 116. The van der Waals surface area contributed by atoms with Crippen molar-refractivity contribution in [2.45, 2.75) is 58.5 Å². The summed E-state index contributed by atoms with van der Waals surface area (Å²) >= 11 is 7.60. The lowest BCUT2D eigenvalue weighted by atomic mass is 9.96. The third-order valence-electron chi connectivity index (χ3n) is 13.1. The Balaban J connectivity index is 0.970. The Hall–Kier alpha value is -5.77. The van der Waals surface area contributed by atoms with E-state index in [0.717, 1.165) is 22.7 Å². The molecule has 0 spiro atoms. The number of anilines is 4. The van der Waals surface area contributed by atoms with Crippen LogP contribution in [0.25, 0.3) is 22.4 Å². The molecule has 0 amide bonds. The highest BCUT2D eigenvalue weighted by Gasteiger charge is 2.48. The minimum atomic E-state index is -6.05. The Morgan fingerprint density at radius 2 is 1.46 bits per heavy atom. The Morgan fingerprint density at radius 1 is 0.819 bits per heavy atom. The predicted octanol–water partition coefficient (Wildman–Crippen LogP) is 10.00. The van der Waals surface area contributed by atoms with Gasteiger partial charge in [-0.25, -0.2) is 26.0 Å². The van der Waals surface area contributed by atoms with Gasteiger partial charge in [-0.15, -0.1) is 11.8 Å². The maximum atomic E-state index is 15.5. The molecule has 72 heavy (non-hydrogen) atoms. The fourth-order valence-corrected chi connectivity index (χ4v) is 12.3. The molecule has 21 heteroatoms. The normalized spacial score (nSPS) is 15.7. The number of nitrogens with zero attached hydrogens (tertiary/aromatic N) is 4. The molecule has 0 aliphatic carbocycles. The van der Waals surface area contributed by atoms with Crippen LogP contribution in [0.3, 0.4) is 0 Å². The van der Waals surface area contributed by atoms with E-state index in [1.807, 2.05) is 40.1 Å². The van der Waals surface area contributed by atoms with Crippen LogP contribution in [0.15, 0.2) is 130 Å². The maximum Gasteiger partial charge on any atom is 0.501 e. The second kappa shape index (κ2) is 21.8. The van der Waals surface area contributed by atoms with Gasteiger partial charge in [0.05, 0.1) is 27.9 Å². The number of piperidine rings is 1. The first kappa shape index (κ1) is 52.5. The van der Waals surface area contributed by atoms with E-state index in [4.69, 9.17) is 11.6 Å². The number of carbonyl (C=O) groups is 1. The molecule has 8 rings (SSSR count). The van der Waals surface area contributed by atoms with Gasteiger partial charge in [0.2, 0.25) is 0 Å². The van der Waals surface area contributed by atoms with Gasteiger partial charge >= 0.3 is 11.5 Å². The highest BCUT2D eigenvalue weighted by Crippen LogP contribution is 2.42. The van der Waals surface area contributed by atoms with Crippen molar-refractivity contribution in [3.63, 3.8) is 0 Å². The molecule has 2 aliphatic heterocycles. The van der Waals surface area contributed by atoms with Gasteiger partial charge in [0.1, 0.15) is 10.7 Å². The van der Waals surface area contributed by atoms with Gasteiger partial charge in [0.25, 0.3) is 19.9 Å². The fourth-order valence-electron chi connectivity index (χ4n) is 9.12. The van der Waals surface area contributed by atoms with E-state index in [1.54, 1.807) is 61.0 Å². The lowest BCUT2D eigenvalue weighted by molar-refractivity contribution is -0.0436. The first-order valence-corrected chi connectivity index (χ1v) is 27.4. The molecule has 0 bridgehead atoms. The summed E-state index contributed by atoms with van der Waals surface area (Å²) in [6.45, 7) is 5.35. The molecule has 0 saturated carbocycles. The summed E-state index contributed by atoms with van der Waals surface area (Å²) in [4.78, 5) is 17.8. The largest absolute Gasteiger partial charge is 0.501 e. The van der Waals surface area contributed by atoms with Crippen LogP contribution in [0.4, 0.5) is 40.3 Å². The zero-order valence-corrected chi connectivity index (χ0v) is 42.4. The summed E-state index contributed by atoms with van der Waals surface area (Å²) in [5.74, 6) is -1.34. The van der Waals surface area contributed by atoms with Crippen LogP contribution in [0.5, 0.6) is 0 Å². The SMILES string of the molecule is Cc1c(C(=O)O)c(-c2cc(F)cc(N3CCN(c4ccc(NS(=O)(=O)c5ccc(N[C@H](CCN6CCC(O)CC6)CSc6ccccc6)c(S(=O)(=O)C(F)(F)F)c5)cc4)CC3)c2)c(-c2ccc(Cl)cc2)n1C. The number of hydrogen-bond donors (Lipinski definition) is 4. The first-order chi connectivity index (χ1) is 34.2. The first-order valence-electron chi connectivity index (χ1n) is 23.1. The van der Waals surface area contributed by atoms with Gasteiger partial charge in [-0.05, 0) is 122 Å². The fraction of sp³-hybridized carbons (Fsp3) is 0.314. The Morgan fingerprint density at radius 3 is 2.08 bits per heavy atom. The van der Waals surface area contributed by atoms with Crippen LogP contribution in [-0.2, 0) is 26.9 Å². The number of thioether (sulfide) groups is 1. The number of sulfone groups is 1. The molecule has 1 atom stereocenters. The molecule has 0 radical (unpaired) electrons. The molecule has 382 valence electrons. The van der Waals surface area contributed by atoms with Crippen molar-refractivity contribution < 1.29 is 49.4 Å². The summed E-state index contributed by atoms with van der Waals surface area (Å²) in [5.41, 5.74) is -2.14. The van der Waals surface area contributed by atoms with E-state index in [-0.39, 0.29) is 16.9 Å². The molecule has 5 aromatic carbocycles. The number of rotatable bonds is 17. The van der Waals surface area contributed by atoms with Crippen LogP contribution in [-0.4, -0.2) is 112 Å². The van der Waals surface area contributed by atoms with Crippen molar-refractivity contribution in [3.8, 4) is 22.4 Å². The summed E-state index contributed by atoms with van der Waals surface area (Å²) in [6.07, 6.45) is 1.19. The number of aliphatic hydroxyl groups is 1. The van der Waals surface area contributed by atoms with Crippen molar-refractivity contribution in [3.05, 3.63) is 137 Å². The minimum absolute atomic E-state index is 0.0556. The van der Waals surface area contributed by atoms with Crippen molar-refractivity contribution in [1.29, 1.82) is 0 Å². The molecule has 6 aromatic rings. The van der Waals surface area contributed by atoms with E-state index in [0.29, 0.717) is 116 Å². The number of sulfonamides is 1. The smallest absolute Gasteiger partial charge is 0.478 e. The molecule has 1 aromatic heterocycles. The quantitative estimate of drug-likeness (QED) is 0.0506. The number of aliphatic hydroxyl groups excluding tert-OH is 1. The highest BCUT2D eigenvalue weighted by molar-refractivity contribution is 7.99. The Labute approximate surface area is 425 Å². The van der Waals surface area contributed by atoms with Crippen LogP contribution < -0.4 is 19.8 Å². The van der Waals surface area contributed by atoms with E-state index >= 15 is 4.39 Å². The predicted molar refractivity (Wildman–Crippen MR) is 275 cm³/mol. The van der Waals surface area contributed by atoms with E-state index in [9.17, 15) is 45.0 Å². The molecule has 2 saturated heterocycles. The zero-order valence-electron chi connectivity index (χ0n) is 39.2. The minimum Gasteiger partial charge on any atom is -0.478 e. The van der Waals surface area contributed by atoms with Crippen LogP contribution >= 0.6 is 23.4 Å². The van der Waals surface area contributed by atoms with E-state index in [1.165, 1.54) is 36.0 Å². The monoisotopic (exact) mass is 1070 g/mol. The van der Waals surface area contributed by atoms with Crippen molar-refractivity contribution in [2.75, 3.05) is 71.4 Å². The average Bonchev–Trinajstić information content (AvgIpc) is 3.62. The van der Waals surface area contributed by atoms with Crippen LogP contribution in [0.2, 0.25) is 5.02 Å². The number of piperazine rings is 1. The number of alkyl halides is 3. The van der Waals surface area contributed by atoms with E-state index in [2.05, 4.69) is 14.9 Å². The molecule has 2 fully saturated rings. The average molecular weight is 1070 g/mol. The Kier molecular flexibility index (Phi) is 15.9. The number of hydrogen-bond acceptors (Lipinski definition) is 11. The number of nitrogens with one attached hydrogen (secondary N) is 2. The van der Waals surface area contributed by atoms with Crippen LogP contribution in [0, 0.1) is 12.7 Å². The van der Waals surface area contributed by atoms with Crippen LogP contribution in [0.1, 0.15) is 35.3 Å². The van der Waals surface area contributed by atoms with Gasteiger partial charge in [-0.2, -0.15) is 13.2 Å². The van der Waals surface area contributed by atoms with Gasteiger partial charge in [-0.3, -0.25) is 4.72 Å². The number of aromatic carboxylic acids is 1. The molecule has 4 N–H and O–H groups in total. The standard InChI is InChI=1S/C51H53ClF4N6O7S3/c1-33-47(50(64)65)48(49(59(33)2)34-8-10-36(52)11-9-34)35-28-37(53)30-41(29-35)62-26-24-61(25-27-62)40-14-12-38(13-15-40)58-72(68,69)44-16-17-45(46(31-44)71(66,67)51(54,55)56)57-39(32-70-43-6-4-3-5-7-43)18-21-60-22-19-42(63)20-23-60/h3-17,28-31,39,42,57-58,63H,18-27,32H2,1-2H3,(H,64,65)/t39-/m1/s1. The number of benzene rings is 5. The number of halogens is 5. The molecule has 3 heterocycles. The van der Waals surface area contributed by atoms with Gasteiger partial charge in [0.15, 0.2) is 0 Å². The number of likely N-dealkylation sites (tertiary alicyclic amines) is 1.